The first kappa shape index (κ1) is 17.0. The Kier molecular flexibility index (Phi) is 4.68. The van der Waals surface area contributed by atoms with Crippen LogP contribution in [0.25, 0.3) is 16.3 Å². The molecular formula is C22H15NO3S. The Morgan fingerprint density at radius 2 is 1.59 bits per heavy atom. The predicted octanol–water partition coefficient (Wildman–Crippen LogP) is 5.21. The molecule has 1 aromatic heterocycles. The van der Waals surface area contributed by atoms with Crippen molar-refractivity contribution >= 4 is 33.5 Å². The summed E-state index contributed by atoms with van der Waals surface area (Å²) in [5, 5.41) is 0. The maximum Gasteiger partial charge on any atom is 0.315 e. The molecular weight excluding hydrogens is 358 g/mol. The summed E-state index contributed by atoms with van der Waals surface area (Å²) >= 11 is 1.06. The average Bonchev–Trinajstić information content (AvgIpc) is 3.03. The highest BCUT2D eigenvalue weighted by Crippen LogP contribution is 2.26. The van der Waals surface area contributed by atoms with E-state index >= 15 is 0 Å². The van der Waals surface area contributed by atoms with Crippen LogP contribution in [-0.2, 0) is 0 Å². The van der Waals surface area contributed by atoms with E-state index in [1.54, 1.807) is 12.1 Å². The van der Waals surface area contributed by atoms with Crippen molar-refractivity contribution in [2.75, 3.05) is 0 Å². The van der Waals surface area contributed by atoms with Crippen LogP contribution in [0, 0.1) is 0 Å². The van der Waals surface area contributed by atoms with E-state index in [9.17, 15) is 9.59 Å². The van der Waals surface area contributed by atoms with Crippen LogP contribution in [0.15, 0.2) is 89.7 Å². The Hall–Kier alpha value is -3.44. The number of aromatic nitrogens is 1. The minimum absolute atomic E-state index is 0.292. The molecule has 1 heterocycles. The number of hydrogen-bond donors (Lipinski definition) is 0. The second-order valence-corrected chi connectivity index (χ2v) is 6.79. The summed E-state index contributed by atoms with van der Waals surface area (Å²) < 4.78 is 7.88. The molecule has 0 aliphatic heterocycles. The molecule has 132 valence electrons. The van der Waals surface area contributed by atoms with Gasteiger partial charge in [0.25, 0.3) is 5.91 Å². The zero-order valence-corrected chi connectivity index (χ0v) is 15.1. The van der Waals surface area contributed by atoms with Crippen LogP contribution >= 0.6 is 11.3 Å². The van der Waals surface area contributed by atoms with Crippen molar-refractivity contribution in [2.45, 2.75) is 0 Å². The van der Waals surface area contributed by atoms with Gasteiger partial charge in [0, 0.05) is 11.6 Å². The fourth-order valence-corrected chi connectivity index (χ4v) is 3.62. The number of carbonyl (C=O) groups is 1. The van der Waals surface area contributed by atoms with Gasteiger partial charge in [-0.3, -0.25) is 9.59 Å². The highest BCUT2D eigenvalue weighted by Gasteiger charge is 2.12. The zero-order chi connectivity index (χ0) is 18.6. The number of ether oxygens (including phenoxy) is 1. The molecule has 0 N–H and O–H groups in total. The Labute approximate surface area is 159 Å². The maximum atomic E-state index is 12.6. The molecule has 3 aromatic carbocycles. The number of fused-ring (bicyclic) bond motifs is 1. The molecule has 4 rings (SSSR count). The Bertz CT molecular complexity index is 1190. The summed E-state index contributed by atoms with van der Waals surface area (Å²) in [5.41, 5.74) is 1.37. The highest BCUT2D eigenvalue weighted by molar-refractivity contribution is 7.16. The van der Waals surface area contributed by atoms with E-state index in [2.05, 4.69) is 0 Å². The molecule has 0 unspecified atom stereocenters. The van der Waals surface area contributed by atoms with Crippen molar-refractivity contribution < 1.29 is 9.53 Å². The van der Waals surface area contributed by atoms with Crippen LogP contribution in [0.5, 0.6) is 11.5 Å². The summed E-state index contributed by atoms with van der Waals surface area (Å²) in [6, 6.07) is 24.1. The van der Waals surface area contributed by atoms with Crippen LogP contribution in [0.4, 0.5) is 0 Å². The summed E-state index contributed by atoms with van der Waals surface area (Å²) in [4.78, 5) is 24.5. The first-order valence-corrected chi connectivity index (χ1v) is 9.19. The third-order valence-electron chi connectivity index (χ3n) is 4.00. The number of nitrogens with zero attached hydrogens (tertiary/aromatic N) is 1. The van der Waals surface area contributed by atoms with Crippen LogP contribution < -0.4 is 9.61 Å². The van der Waals surface area contributed by atoms with Crippen molar-refractivity contribution in [3.05, 3.63) is 100 Å². The largest absolute Gasteiger partial charge is 0.457 e. The second kappa shape index (κ2) is 7.43. The lowest BCUT2D eigenvalue weighted by atomic mass is 10.2. The van der Waals surface area contributed by atoms with Gasteiger partial charge < -0.3 is 4.74 Å². The second-order valence-electron chi connectivity index (χ2n) is 5.80. The van der Waals surface area contributed by atoms with Gasteiger partial charge in [-0.05, 0) is 36.4 Å². The third-order valence-corrected chi connectivity index (χ3v) is 4.92. The van der Waals surface area contributed by atoms with E-state index in [-0.39, 0.29) is 10.8 Å². The number of carbonyl (C=O) groups excluding carboxylic acids is 1. The number of rotatable bonds is 4. The summed E-state index contributed by atoms with van der Waals surface area (Å²) in [6.07, 6.45) is 3.06. The number of para-hydroxylation sites is 3. The molecule has 0 spiro atoms. The Morgan fingerprint density at radius 3 is 2.44 bits per heavy atom. The quantitative estimate of drug-likeness (QED) is 0.462. The molecule has 0 aliphatic carbocycles. The third kappa shape index (κ3) is 3.59. The van der Waals surface area contributed by atoms with Gasteiger partial charge in [0.1, 0.15) is 11.5 Å². The maximum absolute atomic E-state index is 12.6. The van der Waals surface area contributed by atoms with Crippen molar-refractivity contribution in [3.8, 4) is 11.5 Å². The van der Waals surface area contributed by atoms with Gasteiger partial charge in [-0.25, -0.2) is 4.57 Å². The minimum atomic E-state index is -0.382. The van der Waals surface area contributed by atoms with Gasteiger partial charge in [-0.2, -0.15) is 0 Å². The molecule has 0 bridgehead atoms. The van der Waals surface area contributed by atoms with Crippen LogP contribution in [0.1, 0.15) is 10.4 Å². The first-order valence-electron chi connectivity index (χ1n) is 8.37. The Morgan fingerprint density at radius 1 is 0.889 bits per heavy atom. The summed E-state index contributed by atoms with van der Waals surface area (Å²) in [5.74, 6) is 0.965. The molecule has 0 fully saturated rings. The highest BCUT2D eigenvalue weighted by atomic mass is 32.1. The topological polar surface area (TPSA) is 48.3 Å². The van der Waals surface area contributed by atoms with E-state index < -0.39 is 0 Å². The van der Waals surface area contributed by atoms with Gasteiger partial charge >= 0.3 is 4.87 Å². The van der Waals surface area contributed by atoms with E-state index in [0.29, 0.717) is 17.0 Å². The predicted molar refractivity (Wildman–Crippen MR) is 109 cm³/mol. The fraction of sp³-hybridized carbons (Fsp3) is 0. The standard InChI is InChI=1S/C22H15NO3S/c24-21(23-18-11-5-7-13-20(18)27-22(23)25)15-14-16-8-4-6-12-19(16)26-17-9-2-1-3-10-17/h1-15H/b15-14+. The van der Waals surface area contributed by atoms with Gasteiger partial charge in [-0.1, -0.05) is 59.9 Å². The van der Waals surface area contributed by atoms with E-state index in [1.165, 1.54) is 10.6 Å². The number of hydrogen-bond acceptors (Lipinski definition) is 4. The lowest BCUT2D eigenvalue weighted by Crippen LogP contribution is -2.19. The number of benzene rings is 3. The number of thiazole rings is 1. The fourth-order valence-electron chi connectivity index (χ4n) is 2.74. The van der Waals surface area contributed by atoms with E-state index in [4.69, 9.17) is 4.74 Å². The SMILES string of the molecule is O=C(/C=C/c1ccccc1Oc1ccccc1)n1c(=O)sc2ccccc21. The molecule has 0 saturated heterocycles. The molecule has 0 atom stereocenters. The Balaban J connectivity index is 1.64. The van der Waals surface area contributed by atoms with Gasteiger partial charge in [-0.15, -0.1) is 0 Å². The molecule has 4 aromatic rings. The molecule has 0 amide bonds. The van der Waals surface area contributed by atoms with Crippen molar-refractivity contribution in [1.29, 1.82) is 0 Å². The molecule has 4 nitrogen and oxygen atoms in total. The summed E-state index contributed by atoms with van der Waals surface area (Å²) in [6.45, 7) is 0. The lowest BCUT2D eigenvalue weighted by molar-refractivity contribution is 0.0972. The van der Waals surface area contributed by atoms with Crippen molar-refractivity contribution in [1.82, 2.24) is 4.57 Å². The molecule has 0 radical (unpaired) electrons. The van der Waals surface area contributed by atoms with Gasteiger partial charge in [0.2, 0.25) is 0 Å². The van der Waals surface area contributed by atoms with Crippen molar-refractivity contribution in [2.24, 2.45) is 0 Å². The van der Waals surface area contributed by atoms with E-state index in [1.807, 2.05) is 72.8 Å². The monoisotopic (exact) mass is 373 g/mol. The molecule has 27 heavy (non-hydrogen) atoms. The van der Waals surface area contributed by atoms with Crippen molar-refractivity contribution in [3.63, 3.8) is 0 Å². The molecule has 5 heteroatoms. The minimum Gasteiger partial charge on any atom is -0.457 e. The zero-order valence-electron chi connectivity index (χ0n) is 14.2. The molecule has 0 saturated carbocycles. The van der Waals surface area contributed by atoms with Gasteiger partial charge in [0.15, 0.2) is 0 Å². The van der Waals surface area contributed by atoms with E-state index in [0.717, 1.165) is 21.6 Å². The van der Waals surface area contributed by atoms with Crippen LogP contribution in [0.2, 0.25) is 0 Å². The lowest BCUT2D eigenvalue weighted by Gasteiger charge is -2.08. The first-order chi connectivity index (χ1) is 13.2. The normalized spacial score (nSPS) is 11.1. The van der Waals surface area contributed by atoms with Gasteiger partial charge in [0.05, 0.1) is 10.2 Å². The average molecular weight is 373 g/mol. The van der Waals surface area contributed by atoms with Crippen LogP contribution in [0.3, 0.4) is 0 Å². The number of allylic oxidation sites excluding steroid dienone is 1. The molecule has 0 aliphatic rings. The summed E-state index contributed by atoms with van der Waals surface area (Å²) in [7, 11) is 0. The smallest absolute Gasteiger partial charge is 0.315 e. The van der Waals surface area contributed by atoms with Crippen LogP contribution in [-0.4, -0.2) is 10.5 Å².